The molecule has 0 unspecified atom stereocenters. The van der Waals surface area contributed by atoms with E-state index in [4.69, 9.17) is 5.14 Å². The number of piperidine rings is 1. The van der Waals surface area contributed by atoms with Crippen LogP contribution in [0.3, 0.4) is 0 Å². The maximum atomic E-state index is 12.6. The number of primary sulfonamides is 1. The second-order valence-electron chi connectivity index (χ2n) is 7.57. The Morgan fingerprint density at radius 2 is 1.81 bits per heavy atom. The molecule has 1 saturated heterocycles. The van der Waals surface area contributed by atoms with Crippen LogP contribution < -0.4 is 15.4 Å². The molecule has 0 bridgehead atoms. The summed E-state index contributed by atoms with van der Waals surface area (Å²) in [4.78, 5) is 27.3. The highest BCUT2D eigenvalue weighted by atomic mass is 32.2. The quantitative estimate of drug-likeness (QED) is 0.515. The van der Waals surface area contributed by atoms with Crippen LogP contribution in [0, 0.1) is 5.92 Å². The number of hydrogen-bond donors (Lipinski definition) is 2. The van der Waals surface area contributed by atoms with Gasteiger partial charge in [-0.3, -0.25) is 4.79 Å². The number of anilines is 1. The third-order valence-corrected chi connectivity index (χ3v) is 6.38. The number of sulfonamides is 1. The van der Waals surface area contributed by atoms with Crippen molar-refractivity contribution in [2.24, 2.45) is 11.1 Å². The van der Waals surface area contributed by atoms with Gasteiger partial charge in [0.25, 0.3) is 0 Å². The summed E-state index contributed by atoms with van der Waals surface area (Å²) in [6.45, 7) is 1.93. The number of rotatable bonds is 7. The van der Waals surface area contributed by atoms with E-state index in [1.165, 1.54) is 24.8 Å². The summed E-state index contributed by atoms with van der Waals surface area (Å²) in [6, 6.07) is 8.23. The molecule has 1 aliphatic heterocycles. The summed E-state index contributed by atoms with van der Waals surface area (Å²) in [7, 11) is -3.70. The Kier molecular flexibility index (Phi) is 6.42. The molecule has 2 aromatic heterocycles. The van der Waals surface area contributed by atoms with Gasteiger partial charge < -0.3 is 10.2 Å². The van der Waals surface area contributed by atoms with Crippen LogP contribution in [-0.4, -0.2) is 58.7 Å². The Bertz CT molecular complexity index is 1160. The van der Waals surface area contributed by atoms with E-state index in [2.05, 4.69) is 30.3 Å². The third-order valence-electron chi connectivity index (χ3n) is 5.45. The predicted molar refractivity (Wildman–Crippen MR) is 116 cm³/mol. The first-order valence-electron chi connectivity index (χ1n) is 10.2. The lowest BCUT2D eigenvalue weighted by Gasteiger charge is -2.32. The van der Waals surface area contributed by atoms with Gasteiger partial charge in [0.2, 0.25) is 15.9 Å². The third kappa shape index (κ3) is 5.26. The van der Waals surface area contributed by atoms with Gasteiger partial charge in [0.05, 0.1) is 4.90 Å². The molecule has 168 valence electrons. The van der Waals surface area contributed by atoms with E-state index in [9.17, 15) is 13.2 Å². The molecule has 0 spiro atoms. The highest BCUT2D eigenvalue weighted by Crippen LogP contribution is 2.22. The Morgan fingerprint density at radius 1 is 1.09 bits per heavy atom. The van der Waals surface area contributed by atoms with Gasteiger partial charge in [0.15, 0.2) is 5.82 Å². The van der Waals surface area contributed by atoms with E-state index < -0.39 is 10.0 Å². The predicted octanol–water partition coefficient (Wildman–Crippen LogP) is 0.280. The van der Waals surface area contributed by atoms with E-state index >= 15 is 0 Å². The standard InChI is InChI=1S/C20H24N8O3S/c21-32(30,31)17-3-1-15(2-4-17)5-8-23-20(29)16-6-9-27(10-7-16)18-11-19(25-13-24-18)28-14-22-12-26-28/h1-4,11-14,16H,5-10H2,(H,23,29)(H2,21,30,31). The van der Waals surface area contributed by atoms with Crippen LogP contribution in [-0.2, 0) is 21.2 Å². The molecule has 1 fully saturated rings. The van der Waals surface area contributed by atoms with Crippen LogP contribution in [0.2, 0.25) is 0 Å². The van der Waals surface area contributed by atoms with Gasteiger partial charge in [0, 0.05) is 31.6 Å². The SMILES string of the molecule is NS(=O)(=O)c1ccc(CCNC(=O)C2CCN(c3cc(-n4cncn4)ncn3)CC2)cc1. The molecule has 12 heteroatoms. The largest absolute Gasteiger partial charge is 0.356 e. The van der Waals surface area contributed by atoms with Gasteiger partial charge in [-0.2, -0.15) is 5.10 Å². The van der Waals surface area contributed by atoms with Crippen molar-refractivity contribution in [1.82, 2.24) is 30.0 Å². The first-order valence-corrected chi connectivity index (χ1v) is 11.8. The maximum Gasteiger partial charge on any atom is 0.238 e. The van der Waals surface area contributed by atoms with Crippen LogP contribution in [0.5, 0.6) is 0 Å². The zero-order chi connectivity index (χ0) is 22.6. The van der Waals surface area contributed by atoms with E-state index in [1.807, 2.05) is 6.07 Å². The minimum atomic E-state index is -3.70. The van der Waals surface area contributed by atoms with Crippen molar-refractivity contribution in [1.29, 1.82) is 0 Å². The molecular formula is C20H24N8O3S. The molecule has 3 N–H and O–H groups in total. The fourth-order valence-corrected chi connectivity index (χ4v) is 4.17. The van der Waals surface area contributed by atoms with Crippen molar-refractivity contribution in [2.75, 3.05) is 24.5 Å². The molecule has 0 saturated carbocycles. The minimum absolute atomic E-state index is 0.0387. The lowest BCUT2D eigenvalue weighted by atomic mass is 9.96. The Balaban J connectivity index is 1.25. The molecule has 11 nitrogen and oxygen atoms in total. The second kappa shape index (κ2) is 9.40. The number of nitrogens with one attached hydrogen (secondary N) is 1. The summed E-state index contributed by atoms with van der Waals surface area (Å²) in [5.41, 5.74) is 0.930. The molecule has 0 radical (unpaired) electrons. The molecule has 3 heterocycles. The maximum absolute atomic E-state index is 12.6. The lowest BCUT2D eigenvalue weighted by molar-refractivity contribution is -0.125. The molecule has 3 aromatic rings. The number of aromatic nitrogens is 5. The molecular weight excluding hydrogens is 432 g/mol. The fraction of sp³-hybridized carbons (Fsp3) is 0.350. The van der Waals surface area contributed by atoms with E-state index in [-0.39, 0.29) is 16.7 Å². The number of benzene rings is 1. The van der Waals surface area contributed by atoms with Crippen molar-refractivity contribution in [2.45, 2.75) is 24.2 Å². The summed E-state index contributed by atoms with van der Waals surface area (Å²) >= 11 is 0. The fourth-order valence-electron chi connectivity index (χ4n) is 3.65. The zero-order valence-electron chi connectivity index (χ0n) is 17.3. The Labute approximate surface area is 185 Å². The molecule has 4 rings (SSSR count). The minimum Gasteiger partial charge on any atom is -0.356 e. The normalized spacial score (nSPS) is 15.0. The average molecular weight is 457 g/mol. The van der Waals surface area contributed by atoms with E-state index in [1.54, 1.807) is 23.1 Å². The summed E-state index contributed by atoms with van der Waals surface area (Å²) < 4.78 is 24.2. The van der Waals surface area contributed by atoms with Crippen LogP contribution in [0.25, 0.3) is 5.82 Å². The number of nitrogens with two attached hydrogens (primary N) is 1. The van der Waals surface area contributed by atoms with Crippen molar-refractivity contribution >= 4 is 21.7 Å². The smallest absolute Gasteiger partial charge is 0.238 e. The molecule has 1 aromatic carbocycles. The van der Waals surface area contributed by atoms with Crippen LogP contribution in [0.15, 0.2) is 54.2 Å². The summed E-state index contributed by atoms with van der Waals surface area (Å²) in [5, 5.41) is 12.2. The first-order chi connectivity index (χ1) is 15.4. The van der Waals surface area contributed by atoms with Gasteiger partial charge in [-0.05, 0) is 37.0 Å². The summed E-state index contributed by atoms with van der Waals surface area (Å²) in [5.74, 6) is 1.43. The summed E-state index contributed by atoms with van der Waals surface area (Å²) in [6.07, 6.45) is 6.61. The highest BCUT2D eigenvalue weighted by molar-refractivity contribution is 7.89. The monoisotopic (exact) mass is 456 g/mol. The van der Waals surface area contributed by atoms with Crippen LogP contribution in [0.1, 0.15) is 18.4 Å². The van der Waals surface area contributed by atoms with Gasteiger partial charge >= 0.3 is 0 Å². The Morgan fingerprint density at radius 3 is 2.47 bits per heavy atom. The Hall–Kier alpha value is -3.38. The number of nitrogens with zero attached hydrogens (tertiary/aromatic N) is 6. The zero-order valence-corrected chi connectivity index (χ0v) is 18.1. The number of carbonyl (C=O) groups is 1. The lowest BCUT2D eigenvalue weighted by Crippen LogP contribution is -2.41. The molecule has 1 aliphatic rings. The van der Waals surface area contributed by atoms with Gasteiger partial charge in [-0.1, -0.05) is 12.1 Å². The van der Waals surface area contributed by atoms with Crippen molar-refractivity contribution in [3.8, 4) is 5.82 Å². The number of carbonyl (C=O) groups excluding carboxylic acids is 1. The topological polar surface area (TPSA) is 149 Å². The number of amides is 1. The van der Waals surface area contributed by atoms with Crippen molar-refractivity contribution in [3.63, 3.8) is 0 Å². The molecule has 1 amide bonds. The number of hydrogen-bond acceptors (Lipinski definition) is 8. The average Bonchev–Trinajstić information content (AvgIpc) is 3.34. The van der Waals surface area contributed by atoms with Gasteiger partial charge in [-0.15, -0.1) is 0 Å². The molecule has 0 atom stereocenters. The van der Waals surface area contributed by atoms with E-state index in [0.717, 1.165) is 37.3 Å². The molecule has 0 aliphatic carbocycles. The highest BCUT2D eigenvalue weighted by Gasteiger charge is 2.25. The second-order valence-corrected chi connectivity index (χ2v) is 9.13. The first kappa shape index (κ1) is 21.8. The van der Waals surface area contributed by atoms with Crippen molar-refractivity contribution < 1.29 is 13.2 Å². The van der Waals surface area contributed by atoms with Crippen molar-refractivity contribution in [3.05, 3.63) is 54.9 Å². The van der Waals surface area contributed by atoms with Gasteiger partial charge in [0.1, 0.15) is 24.8 Å². The van der Waals surface area contributed by atoms with Gasteiger partial charge in [-0.25, -0.2) is 33.2 Å². The van der Waals surface area contributed by atoms with Crippen LogP contribution in [0.4, 0.5) is 5.82 Å². The van der Waals surface area contributed by atoms with E-state index in [0.29, 0.717) is 18.8 Å². The van der Waals surface area contributed by atoms with Crippen LogP contribution >= 0.6 is 0 Å². The molecule has 32 heavy (non-hydrogen) atoms.